The number of aromatic hydroxyl groups is 1. The molecule has 2 N–H and O–H groups in total. The van der Waals surface area contributed by atoms with Crippen LogP contribution < -0.4 is 10.2 Å². The lowest BCUT2D eigenvalue weighted by Crippen LogP contribution is -2.21. The number of hydrogen-bond acceptors (Lipinski definition) is 7. The van der Waals surface area contributed by atoms with E-state index in [4.69, 9.17) is 14.7 Å². The number of hydrogen-bond donors (Lipinski definition) is 2. The molecule has 0 aliphatic carbocycles. The zero-order valence-corrected chi connectivity index (χ0v) is 15.0. The maximum Gasteiger partial charge on any atom is 0.341 e. The second-order valence-electron chi connectivity index (χ2n) is 6.40. The maximum absolute atomic E-state index is 11.8. The van der Waals surface area contributed by atoms with Crippen molar-refractivity contribution in [2.45, 2.75) is 12.8 Å². The van der Waals surface area contributed by atoms with Gasteiger partial charge in [0.05, 0.1) is 23.8 Å². The number of benzene rings is 2. The summed E-state index contributed by atoms with van der Waals surface area (Å²) in [5.41, 5.74) is 2.05. The molecule has 1 aliphatic heterocycles. The minimum atomic E-state index is -0.597. The van der Waals surface area contributed by atoms with Gasteiger partial charge in [0.1, 0.15) is 5.56 Å². The predicted octanol–water partition coefficient (Wildman–Crippen LogP) is 3.47. The van der Waals surface area contributed by atoms with Gasteiger partial charge in [0.25, 0.3) is 0 Å². The van der Waals surface area contributed by atoms with E-state index in [0.29, 0.717) is 11.5 Å². The lowest BCUT2D eigenvalue weighted by Gasteiger charge is -2.21. The van der Waals surface area contributed by atoms with Crippen molar-refractivity contribution in [1.82, 2.24) is 9.97 Å². The fourth-order valence-electron chi connectivity index (χ4n) is 3.27. The third-order valence-electron chi connectivity index (χ3n) is 4.65. The van der Waals surface area contributed by atoms with Crippen molar-refractivity contribution in [3.63, 3.8) is 0 Å². The average Bonchev–Trinajstić information content (AvgIpc) is 3.23. The number of carbonyl (C=O) groups is 1. The maximum atomic E-state index is 11.8. The highest BCUT2D eigenvalue weighted by molar-refractivity contribution is 5.95. The second kappa shape index (κ2) is 7.11. The Labute approximate surface area is 156 Å². The highest BCUT2D eigenvalue weighted by Crippen LogP contribution is 2.34. The van der Waals surface area contributed by atoms with Gasteiger partial charge in [-0.3, -0.25) is 0 Å². The zero-order valence-electron chi connectivity index (χ0n) is 15.0. The van der Waals surface area contributed by atoms with Crippen molar-refractivity contribution >= 4 is 34.3 Å². The Morgan fingerprint density at radius 2 is 1.78 bits per heavy atom. The summed E-state index contributed by atoms with van der Waals surface area (Å²) in [5.74, 6) is 0.522. The number of nitrogens with one attached hydrogen (secondary N) is 1. The number of ether oxygens (including phenoxy) is 1. The molecule has 0 atom stereocenters. The number of anilines is 3. The van der Waals surface area contributed by atoms with Crippen molar-refractivity contribution in [2.75, 3.05) is 30.4 Å². The van der Waals surface area contributed by atoms with E-state index < -0.39 is 5.97 Å². The number of fused-ring (bicyclic) bond motifs is 1. The summed E-state index contributed by atoms with van der Waals surface area (Å²) in [7, 11) is 1.28. The lowest BCUT2D eigenvalue weighted by atomic mass is 10.1. The number of esters is 1. The fraction of sp³-hybridized carbons (Fsp3) is 0.250. The number of phenolic OH excluding ortho intramolecular Hbond substituents is 1. The summed E-state index contributed by atoms with van der Waals surface area (Å²) < 4.78 is 4.72. The number of aromatic nitrogens is 2. The molecule has 0 bridgehead atoms. The smallest absolute Gasteiger partial charge is 0.341 e. The molecule has 0 unspecified atom stereocenters. The molecule has 0 spiro atoms. The molecule has 2 heterocycles. The van der Waals surface area contributed by atoms with Gasteiger partial charge >= 0.3 is 5.97 Å². The second-order valence-corrected chi connectivity index (χ2v) is 6.40. The SMILES string of the molecule is COC(=O)c1cccc(Nc2nc3ccccc3nc2N2CCCC2)c1O. The number of nitrogens with zero attached hydrogens (tertiary/aromatic N) is 3. The Balaban J connectivity index is 1.79. The standard InChI is InChI=1S/C20H20N4O3/c1-27-20(26)13-7-6-10-16(17(13)25)22-18-19(24-11-4-5-12-24)23-15-9-3-2-8-14(15)21-18/h2-3,6-10,25H,4-5,11-12H2,1H3,(H,21,22). The van der Waals surface area contributed by atoms with E-state index in [0.717, 1.165) is 42.8 Å². The first kappa shape index (κ1) is 17.1. The quantitative estimate of drug-likeness (QED) is 0.541. The highest BCUT2D eigenvalue weighted by Gasteiger charge is 2.21. The van der Waals surface area contributed by atoms with E-state index in [9.17, 15) is 9.90 Å². The van der Waals surface area contributed by atoms with Crippen molar-refractivity contribution < 1.29 is 14.6 Å². The number of para-hydroxylation sites is 3. The zero-order chi connectivity index (χ0) is 18.8. The topological polar surface area (TPSA) is 87.6 Å². The summed E-state index contributed by atoms with van der Waals surface area (Å²) in [5, 5.41) is 13.7. The van der Waals surface area contributed by atoms with Crippen LogP contribution in [0.5, 0.6) is 5.75 Å². The van der Waals surface area contributed by atoms with Crippen LogP contribution in [0.15, 0.2) is 42.5 Å². The highest BCUT2D eigenvalue weighted by atomic mass is 16.5. The molecule has 4 rings (SSSR count). The van der Waals surface area contributed by atoms with Crippen molar-refractivity contribution in [2.24, 2.45) is 0 Å². The van der Waals surface area contributed by atoms with E-state index in [1.165, 1.54) is 13.2 Å². The van der Waals surface area contributed by atoms with E-state index in [1.807, 2.05) is 24.3 Å². The van der Waals surface area contributed by atoms with Gasteiger partial charge < -0.3 is 20.1 Å². The van der Waals surface area contributed by atoms with E-state index in [2.05, 4.69) is 10.2 Å². The molecule has 7 nitrogen and oxygen atoms in total. The fourth-order valence-corrected chi connectivity index (χ4v) is 3.27. The number of rotatable bonds is 4. The number of phenols is 1. The van der Waals surface area contributed by atoms with Crippen LogP contribution in [0, 0.1) is 0 Å². The predicted molar refractivity (Wildman–Crippen MR) is 104 cm³/mol. The third-order valence-corrected chi connectivity index (χ3v) is 4.65. The van der Waals surface area contributed by atoms with Crippen LogP contribution in [0.25, 0.3) is 11.0 Å². The van der Waals surface area contributed by atoms with Gasteiger partial charge in [-0.1, -0.05) is 18.2 Å². The lowest BCUT2D eigenvalue weighted by molar-refractivity contribution is 0.0597. The van der Waals surface area contributed by atoms with E-state index in [1.54, 1.807) is 12.1 Å². The molecule has 2 aromatic carbocycles. The molecule has 0 saturated carbocycles. The van der Waals surface area contributed by atoms with Gasteiger partial charge in [0.2, 0.25) is 0 Å². The van der Waals surface area contributed by atoms with Gasteiger partial charge in [0, 0.05) is 13.1 Å². The van der Waals surface area contributed by atoms with E-state index in [-0.39, 0.29) is 11.3 Å². The molecule has 0 radical (unpaired) electrons. The van der Waals surface area contributed by atoms with Gasteiger partial charge in [-0.2, -0.15) is 0 Å². The molecule has 7 heteroatoms. The first-order valence-corrected chi connectivity index (χ1v) is 8.86. The number of carbonyl (C=O) groups excluding carboxylic acids is 1. The average molecular weight is 364 g/mol. The number of methoxy groups -OCH3 is 1. The van der Waals surface area contributed by atoms with Crippen LogP contribution in [-0.2, 0) is 4.74 Å². The van der Waals surface area contributed by atoms with Gasteiger partial charge in [-0.15, -0.1) is 0 Å². The van der Waals surface area contributed by atoms with Gasteiger partial charge in [-0.05, 0) is 37.1 Å². The Morgan fingerprint density at radius 3 is 2.48 bits per heavy atom. The molecule has 0 amide bonds. The van der Waals surface area contributed by atoms with Crippen LogP contribution >= 0.6 is 0 Å². The molecule has 138 valence electrons. The summed E-state index contributed by atoms with van der Waals surface area (Å²) in [4.78, 5) is 23.5. The van der Waals surface area contributed by atoms with Gasteiger partial charge in [0.15, 0.2) is 17.4 Å². The Morgan fingerprint density at radius 1 is 1.07 bits per heavy atom. The minimum Gasteiger partial charge on any atom is -0.505 e. The van der Waals surface area contributed by atoms with E-state index >= 15 is 0 Å². The molecule has 1 fully saturated rings. The van der Waals surface area contributed by atoms with Crippen LogP contribution in [0.3, 0.4) is 0 Å². The van der Waals surface area contributed by atoms with Gasteiger partial charge in [-0.25, -0.2) is 14.8 Å². The van der Waals surface area contributed by atoms with Crippen molar-refractivity contribution in [1.29, 1.82) is 0 Å². The minimum absolute atomic E-state index is 0.0963. The summed E-state index contributed by atoms with van der Waals surface area (Å²) >= 11 is 0. The molecular weight excluding hydrogens is 344 g/mol. The first-order valence-electron chi connectivity index (χ1n) is 8.86. The largest absolute Gasteiger partial charge is 0.505 e. The van der Waals surface area contributed by atoms with Crippen molar-refractivity contribution in [3.05, 3.63) is 48.0 Å². The normalized spacial score (nSPS) is 13.7. The van der Waals surface area contributed by atoms with Crippen LogP contribution in [0.1, 0.15) is 23.2 Å². The monoisotopic (exact) mass is 364 g/mol. The van der Waals surface area contributed by atoms with Crippen molar-refractivity contribution in [3.8, 4) is 5.75 Å². The summed E-state index contributed by atoms with van der Waals surface area (Å²) in [6.07, 6.45) is 2.22. The van der Waals surface area contributed by atoms with Crippen LogP contribution in [0.4, 0.5) is 17.3 Å². The molecule has 1 aromatic heterocycles. The molecule has 27 heavy (non-hydrogen) atoms. The Bertz CT molecular complexity index is 1000. The molecule has 1 aliphatic rings. The molecule has 3 aromatic rings. The Hall–Kier alpha value is -3.35. The van der Waals surface area contributed by atoms with Crippen LogP contribution in [-0.4, -0.2) is 41.2 Å². The van der Waals surface area contributed by atoms with Crippen LogP contribution in [0.2, 0.25) is 0 Å². The first-order chi connectivity index (χ1) is 13.2. The Kier molecular flexibility index (Phi) is 4.50. The third kappa shape index (κ3) is 3.23. The molecule has 1 saturated heterocycles. The molecular formula is C20H20N4O3. The summed E-state index contributed by atoms with van der Waals surface area (Å²) in [6.45, 7) is 1.83. The summed E-state index contributed by atoms with van der Waals surface area (Å²) in [6, 6.07) is 12.5.